The Hall–Kier alpha value is -1.76. The largest absolute Gasteiger partial charge is 0.484 e. The molecule has 0 aliphatic carbocycles. The van der Waals surface area contributed by atoms with Gasteiger partial charge in [-0.1, -0.05) is 0 Å². The molecule has 20 heavy (non-hydrogen) atoms. The van der Waals surface area contributed by atoms with E-state index in [2.05, 4.69) is 10.1 Å². The van der Waals surface area contributed by atoms with Crippen molar-refractivity contribution < 1.29 is 22.7 Å². The van der Waals surface area contributed by atoms with Gasteiger partial charge in [0.15, 0.2) is 6.61 Å². The Morgan fingerprint density at radius 1 is 1.35 bits per heavy atom. The van der Waals surface area contributed by atoms with E-state index >= 15 is 0 Å². The van der Waals surface area contributed by atoms with Crippen molar-refractivity contribution in [2.45, 2.75) is 32.0 Å². The van der Waals surface area contributed by atoms with Gasteiger partial charge in [0.05, 0.1) is 0 Å². The fourth-order valence-corrected chi connectivity index (χ4v) is 1.38. The molecule has 0 saturated heterocycles. The minimum atomic E-state index is -4.37. The van der Waals surface area contributed by atoms with E-state index in [0.29, 0.717) is 18.5 Å². The molecule has 0 aromatic heterocycles. The van der Waals surface area contributed by atoms with Gasteiger partial charge in [0.1, 0.15) is 5.75 Å². The summed E-state index contributed by atoms with van der Waals surface area (Å²) in [6.45, 7) is 0.465. The summed E-state index contributed by atoms with van der Waals surface area (Å²) < 4.78 is 40.4. The summed E-state index contributed by atoms with van der Waals surface area (Å²) in [6.07, 6.45) is -3.51. The molecule has 0 heterocycles. The topological polar surface area (TPSA) is 64.4 Å². The zero-order valence-electron chi connectivity index (χ0n) is 11.0. The first-order valence-electron chi connectivity index (χ1n) is 6.11. The monoisotopic (exact) mass is 290 g/mol. The van der Waals surface area contributed by atoms with Gasteiger partial charge in [-0.3, -0.25) is 4.79 Å². The van der Waals surface area contributed by atoms with Crippen molar-refractivity contribution in [3.8, 4) is 5.75 Å². The molecule has 1 aromatic carbocycles. The molecule has 3 N–H and O–H groups in total. The van der Waals surface area contributed by atoms with Crippen molar-refractivity contribution in [2.75, 3.05) is 11.9 Å². The van der Waals surface area contributed by atoms with E-state index < -0.39 is 12.8 Å². The van der Waals surface area contributed by atoms with E-state index in [1.807, 2.05) is 0 Å². The molecule has 0 bridgehead atoms. The highest BCUT2D eigenvalue weighted by Crippen LogP contribution is 2.20. The van der Waals surface area contributed by atoms with Gasteiger partial charge in [-0.25, -0.2) is 0 Å². The molecule has 0 radical (unpaired) electrons. The Balaban J connectivity index is 2.44. The number of anilines is 1. The molecule has 0 fully saturated rings. The summed E-state index contributed by atoms with van der Waals surface area (Å²) in [4.78, 5) is 11.5. The van der Waals surface area contributed by atoms with Crippen LogP contribution in [0.1, 0.15) is 19.8 Å². The second-order valence-corrected chi connectivity index (χ2v) is 4.49. The molecular formula is C13H17F3N2O2. The van der Waals surface area contributed by atoms with E-state index in [0.717, 1.165) is 0 Å². The van der Waals surface area contributed by atoms with Gasteiger partial charge in [0.25, 0.3) is 0 Å². The highest BCUT2D eigenvalue weighted by Gasteiger charge is 2.28. The Morgan fingerprint density at radius 3 is 2.45 bits per heavy atom. The van der Waals surface area contributed by atoms with E-state index in [4.69, 9.17) is 5.73 Å². The molecule has 1 amide bonds. The zero-order valence-corrected chi connectivity index (χ0v) is 11.0. The van der Waals surface area contributed by atoms with Crippen LogP contribution in [0.25, 0.3) is 0 Å². The average Bonchev–Trinajstić information content (AvgIpc) is 2.34. The highest BCUT2D eigenvalue weighted by molar-refractivity contribution is 5.90. The minimum Gasteiger partial charge on any atom is -0.484 e. The average molecular weight is 290 g/mol. The van der Waals surface area contributed by atoms with Gasteiger partial charge in [0.2, 0.25) is 5.91 Å². The number of nitrogens with two attached hydrogens (primary N) is 1. The van der Waals surface area contributed by atoms with Crippen LogP contribution < -0.4 is 15.8 Å². The predicted octanol–water partition coefficient (Wildman–Crippen LogP) is 2.69. The maximum atomic E-state index is 12.0. The summed E-state index contributed by atoms with van der Waals surface area (Å²) >= 11 is 0. The SMILES string of the molecule is CC(N)CCC(=O)Nc1ccc(OCC(F)(F)F)cc1. The van der Waals surface area contributed by atoms with Crippen LogP contribution in [-0.4, -0.2) is 24.7 Å². The van der Waals surface area contributed by atoms with Gasteiger partial charge < -0.3 is 15.8 Å². The van der Waals surface area contributed by atoms with Crippen LogP contribution in [0.15, 0.2) is 24.3 Å². The predicted molar refractivity (Wildman–Crippen MR) is 69.5 cm³/mol. The first kappa shape index (κ1) is 16.3. The Bertz CT molecular complexity index is 430. The molecular weight excluding hydrogens is 273 g/mol. The molecule has 1 atom stereocenters. The van der Waals surface area contributed by atoms with Crippen molar-refractivity contribution in [1.29, 1.82) is 0 Å². The van der Waals surface area contributed by atoms with Crippen molar-refractivity contribution in [3.63, 3.8) is 0 Å². The van der Waals surface area contributed by atoms with Crippen molar-refractivity contribution >= 4 is 11.6 Å². The first-order valence-corrected chi connectivity index (χ1v) is 6.11. The van der Waals surface area contributed by atoms with Crippen LogP contribution in [0.2, 0.25) is 0 Å². The number of ether oxygens (including phenoxy) is 1. The normalized spacial score (nSPS) is 12.8. The van der Waals surface area contributed by atoms with Crippen LogP contribution in [0, 0.1) is 0 Å². The molecule has 4 nitrogen and oxygen atoms in total. The number of carbonyl (C=O) groups is 1. The maximum Gasteiger partial charge on any atom is 0.422 e. The zero-order chi connectivity index (χ0) is 15.2. The number of nitrogens with one attached hydrogen (secondary N) is 1. The highest BCUT2D eigenvalue weighted by atomic mass is 19.4. The molecule has 1 unspecified atom stereocenters. The number of amides is 1. The van der Waals surface area contributed by atoms with Crippen molar-refractivity contribution in [3.05, 3.63) is 24.3 Å². The number of hydrogen-bond acceptors (Lipinski definition) is 3. The quantitative estimate of drug-likeness (QED) is 0.846. The summed E-state index contributed by atoms with van der Waals surface area (Å²) in [5.41, 5.74) is 6.03. The van der Waals surface area contributed by atoms with Gasteiger partial charge in [-0.05, 0) is 37.6 Å². The lowest BCUT2D eigenvalue weighted by Crippen LogP contribution is -2.20. The third kappa shape index (κ3) is 6.98. The third-order valence-corrected chi connectivity index (χ3v) is 2.37. The molecule has 0 spiro atoms. The number of benzene rings is 1. The standard InChI is InChI=1S/C13H17F3N2O2/c1-9(17)2-7-12(19)18-10-3-5-11(6-4-10)20-8-13(14,15)16/h3-6,9H,2,7-8,17H2,1H3,(H,18,19). The number of carbonyl (C=O) groups excluding carboxylic acids is 1. The van der Waals surface area contributed by atoms with Crippen LogP contribution in [0.3, 0.4) is 0 Å². The molecule has 1 aromatic rings. The van der Waals surface area contributed by atoms with Crippen molar-refractivity contribution in [1.82, 2.24) is 0 Å². The van der Waals surface area contributed by atoms with Crippen molar-refractivity contribution in [2.24, 2.45) is 5.73 Å². The molecule has 1 rings (SSSR count). The van der Waals surface area contributed by atoms with E-state index in [1.165, 1.54) is 24.3 Å². The number of halogens is 3. The Morgan fingerprint density at radius 2 is 1.95 bits per heavy atom. The first-order chi connectivity index (χ1) is 9.26. The van der Waals surface area contributed by atoms with Crippen LogP contribution in [0.5, 0.6) is 5.75 Å². The fraction of sp³-hybridized carbons (Fsp3) is 0.462. The smallest absolute Gasteiger partial charge is 0.422 e. The summed E-state index contributed by atoms with van der Waals surface area (Å²) in [5, 5.41) is 2.62. The summed E-state index contributed by atoms with van der Waals surface area (Å²) in [6, 6.07) is 5.64. The van der Waals surface area contributed by atoms with E-state index in [9.17, 15) is 18.0 Å². The molecule has 0 aliphatic heterocycles. The second-order valence-electron chi connectivity index (χ2n) is 4.49. The maximum absolute atomic E-state index is 12.0. The summed E-state index contributed by atoms with van der Waals surface area (Å²) in [7, 11) is 0. The van der Waals surface area contributed by atoms with Gasteiger partial charge in [-0.2, -0.15) is 13.2 Å². The van der Waals surface area contributed by atoms with Gasteiger partial charge in [0, 0.05) is 18.2 Å². The van der Waals surface area contributed by atoms with E-state index in [-0.39, 0.29) is 17.7 Å². The number of alkyl halides is 3. The lowest BCUT2D eigenvalue weighted by atomic mass is 10.2. The number of rotatable bonds is 6. The molecule has 112 valence electrons. The van der Waals surface area contributed by atoms with Gasteiger partial charge >= 0.3 is 6.18 Å². The van der Waals surface area contributed by atoms with E-state index in [1.54, 1.807) is 6.92 Å². The lowest BCUT2D eigenvalue weighted by Gasteiger charge is -2.10. The Kier molecular flexibility index (Phi) is 5.82. The number of hydrogen-bond donors (Lipinski definition) is 2. The van der Waals surface area contributed by atoms with Crippen LogP contribution >= 0.6 is 0 Å². The summed E-state index contributed by atoms with van der Waals surface area (Å²) in [5.74, 6) is -0.0952. The molecule has 0 aliphatic rings. The minimum absolute atomic E-state index is 0.0566. The fourth-order valence-electron chi connectivity index (χ4n) is 1.38. The van der Waals surface area contributed by atoms with Crippen LogP contribution in [-0.2, 0) is 4.79 Å². The Labute approximate surface area is 115 Å². The molecule has 0 saturated carbocycles. The van der Waals surface area contributed by atoms with Gasteiger partial charge in [-0.15, -0.1) is 0 Å². The van der Waals surface area contributed by atoms with Crippen LogP contribution in [0.4, 0.5) is 18.9 Å². The second kappa shape index (κ2) is 7.14. The lowest BCUT2D eigenvalue weighted by molar-refractivity contribution is -0.153. The molecule has 7 heteroatoms. The third-order valence-electron chi connectivity index (χ3n) is 2.37.